The molecule has 2 heterocycles. The van der Waals surface area contributed by atoms with Crippen LogP contribution in [0.1, 0.15) is 36.1 Å². The fourth-order valence-electron chi connectivity index (χ4n) is 2.97. The van der Waals surface area contributed by atoms with Gasteiger partial charge in [-0.25, -0.2) is 13.4 Å². The van der Waals surface area contributed by atoms with E-state index in [4.69, 9.17) is 0 Å². The van der Waals surface area contributed by atoms with Crippen molar-refractivity contribution in [1.82, 2.24) is 20.1 Å². The number of sulfone groups is 1. The number of nitrogens with zero attached hydrogens (tertiary/aromatic N) is 3. The predicted molar refractivity (Wildman–Crippen MR) is 88.1 cm³/mol. The summed E-state index contributed by atoms with van der Waals surface area (Å²) in [4.78, 5) is 19.0. The van der Waals surface area contributed by atoms with Crippen LogP contribution in [-0.2, 0) is 21.1 Å². The fraction of sp³-hybridized carbons (Fsp3) is 0.438. The molecule has 0 spiro atoms. The molecule has 1 saturated heterocycles. The highest BCUT2D eigenvalue weighted by atomic mass is 32.2. The number of aromatic nitrogens is 3. The molecule has 7 nitrogen and oxygen atoms in total. The maximum atomic E-state index is 12.6. The Morgan fingerprint density at radius 3 is 2.62 bits per heavy atom. The SMILES string of the molecule is Cc1nc(C2CCCN2C(=O)Cc2ccc(S(C)(=O)=O)cc2)n[nH]1. The predicted octanol–water partition coefficient (Wildman–Crippen LogP) is 1.42. The van der Waals surface area contributed by atoms with E-state index in [1.807, 2.05) is 11.8 Å². The van der Waals surface area contributed by atoms with Crippen LogP contribution in [0.15, 0.2) is 29.2 Å². The third-order valence-electron chi connectivity index (χ3n) is 4.19. The van der Waals surface area contributed by atoms with Crippen molar-refractivity contribution in [3.05, 3.63) is 41.5 Å². The Hall–Kier alpha value is -2.22. The molecule has 1 unspecified atom stereocenters. The number of amides is 1. The van der Waals surface area contributed by atoms with Crippen LogP contribution in [0.5, 0.6) is 0 Å². The summed E-state index contributed by atoms with van der Waals surface area (Å²) in [7, 11) is -3.22. The van der Waals surface area contributed by atoms with Gasteiger partial charge >= 0.3 is 0 Å². The normalized spacial score (nSPS) is 18.1. The number of rotatable bonds is 4. The average molecular weight is 348 g/mol. The molecular formula is C16H20N4O3S. The van der Waals surface area contributed by atoms with E-state index >= 15 is 0 Å². The minimum Gasteiger partial charge on any atom is -0.332 e. The molecule has 8 heteroatoms. The number of carbonyl (C=O) groups excluding carboxylic acids is 1. The Morgan fingerprint density at radius 2 is 2.04 bits per heavy atom. The third kappa shape index (κ3) is 3.48. The van der Waals surface area contributed by atoms with E-state index in [1.54, 1.807) is 12.1 Å². The summed E-state index contributed by atoms with van der Waals surface area (Å²) in [5, 5.41) is 7.00. The molecule has 1 N–H and O–H groups in total. The molecule has 1 amide bonds. The van der Waals surface area contributed by atoms with E-state index in [-0.39, 0.29) is 23.3 Å². The van der Waals surface area contributed by atoms with Crippen molar-refractivity contribution in [1.29, 1.82) is 0 Å². The van der Waals surface area contributed by atoms with E-state index in [9.17, 15) is 13.2 Å². The maximum absolute atomic E-state index is 12.6. The van der Waals surface area contributed by atoms with Gasteiger partial charge in [-0.3, -0.25) is 9.89 Å². The number of likely N-dealkylation sites (tertiary alicyclic amines) is 1. The van der Waals surface area contributed by atoms with Gasteiger partial charge in [0.25, 0.3) is 0 Å². The first-order valence-electron chi connectivity index (χ1n) is 7.82. The zero-order valence-corrected chi connectivity index (χ0v) is 14.5. The zero-order chi connectivity index (χ0) is 17.3. The fourth-order valence-corrected chi connectivity index (χ4v) is 3.60. The quantitative estimate of drug-likeness (QED) is 0.901. The Kier molecular flexibility index (Phi) is 4.40. The van der Waals surface area contributed by atoms with E-state index in [1.165, 1.54) is 18.4 Å². The van der Waals surface area contributed by atoms with Gasteiger partial charge in [0.2, 0.25) is 5.91 Å². The van der Waals surface area contributed by atoms with Crippen molar-refractivity contribution >= 4 is 15.7 Å². The van der Waals surface area contributed by atoms with Crippen LogP contribution < -0.4 is 0 Å². The second kappa shape index (κ2) is 6.35. The Balaban J connectivity index is 1.72. The average Bonchev–Trinajstić information content (AvgIpc) is 3.15. The highest BCUT2D eigenvalue weighted by molar-refractivity contribution is 7.90. The largest absolute Gasteiger partial charge is 0.332 e. The number of hydrogen-bond acceptors (Lipinski definition) is 5. The van der Waals surface area contributed by atoms with Gasteiger partial charge in [-0.15, -0.1) is 0 Å². The number of hydrogen-bond donors (Lipinski definition) is 1. The summed E-state index contributed by atoms with van der Waals surface area (Å²) in [5.41, 5.74) is 0.796. The first kappa shape index (κ1) is 16.6. The second-order valence-corrected chi connectivity index (χ2v) is 8.13. The molecule has 0 radical (unpaired) electrons. The molecule has 1 aliphatic rings. The van der Waals surface area contributed by atoms with Gasteiger partial charge in [0.05, 0.1) is 17.4 Å². The van der Waals surface area contributed by atoms with Gasteiger partial charge in [-0.05, 0) is 37.5 Å². The van der Waals surface area contributed by atoms with Crippen LogP contribution in [0, 0.1) is 6.92 Å². The molecule has 1 atom stereocenters. The molecule has 1 aromatic heterocycles. The zero-order valence-electron chi connectivity index (χ0n) is 13.7. The molecule has 0 bridgehead atoms. The number of aromatic amines is 1. The lowest BCUT2D eigenvalue weighted by Gasteiger charge is -2.22. The van der Waals surface area contributed by atoms with Crippen LogP contribution in [-0.4, -0.2) is 47.2 Å². The minimum absolute atomic E-state index is 0.00654. The molecule has 1 aliphatic heterocycles. The van der Waals surface area contributed by atoms with Gasteiger partial charge < -0.3 is 4.90 Å². The lowest BCUT2D eigenvalue weighted by molar-refractivity contribution is -0.131. The first-order valence-corrected chi connectivity index (χ1v) is 9.71. The topological polar surface area (TPSA) is 96.0 Å². The highest BCUT2D eigenvalue weighted by Gasteiger charge is 2.32. The number of nitrogens with one attached hydrogen (secondary N) is 1. The Labute approximate surface area is 141 Å². The molecular weight excluding hydrogens is 328 g/mol. The lowest BCUT2D eigenvalue weighted by atomic mass is 10.1. The van der Waals surface area contributed by atoms with Crippen molar-refractivity contribution in [2.45, 2.75) is 37.1 Å². The number of carbonyl (C=O) groups is 1. The highest BCUT2D eigenvalue weighted by Crippen LogP contribution is 2.30. The van der Waals surface area contributed by atoms with Gasteiger partial charge in [-0.1, -0.05) is 12.1 Å². The van der Waals surface area contributed by atoms with Crippen molar-refractivity contribution in [2.75, 3.05) is 12.8 Å². The van der Waals surface area contributed by atoms with Crippen LogP contribution in [0.4, 0.5) is 0 Å². The van der Waals surface area contributed by atoms with Crippen molar-refractivity contribution in [3.63, 3.8) is 0 Å². The summed E-state index contributed by atoms with van der Waals surface area (Å²) in [6.07, 6.45) is 3.19. The molecule has 24 heavy (non-hydrogen) atoms. The smallest absolute Gasteiger partial charge is 0.227 e. The first-order chi connectivity index (χ1) is 11.3. The molecule has 1 fully saturated rings. The lowest BCUT2D eigenvalue weighted by Crippen LogP contribution is -2.32. The van der Waals surface area contributed by atoms with Gasteiger partial charge in [-0.2, -0.15) is 5.10 Å². The van der Waals surface area contributed by atoms with E-state index in [2.05, 4.69) is 15.2 Å². The van der Waals surface area contributed by atoms with Crippen LogP contribution in [0.25, 0.3) is 0 Å². The molecule has 0 saturated carbocycles. The molecule has 2 aromatic rings. The van der Waals surface area contributed by atoms with Crippen molar-refractivity contribution < 1.29 is 13.2 Å². The second-order valence-electron chi connectivity index (χ2n) is 6.12. The van der Waals surface area contributed by atoms with Gasteiger partial charge in [0.1, 0.15) is 5.82 Å². The molecule has 1 aromatic carbocycles. The molecule has 128 valence electrons. The van der Waals surface area contributed by atoms with E-state index in [0.29, 0.717) is 12.4 Å². The van der Waals surface area contributed by atoms with Gasteiger partial charge in [0.15, 0.2) is 15.7 Å². The van der Waals surface area contributed by atoms with Crippen LogP contribution >= 0.6 is 0 Å². The summed E-state index contributed by atoms with van der Waals surface area (Å²) < 4.78 is 23.0. The van der Waals surface area contributed by atoms with Crippen LogP contribution in [0.3, 0.4) is 0 Å². The summed E-state index contributed by atoms with van der Waals surface area (Å²) in [5.74, 6) is 1.40. The third-order valence-corrected chi connectivity index (χ3v) is 5.32. The Bertz CT molecular complexity index is 842. The summed E-state index contributed by atoms with van der Waals surface area (Å²) >= 11 is 0. The van der Waals surface area contributed by atoms with E-state index < -0.39 is 9.84 Å². The van der Waals surface area contributed by atoms with Gasteiger partial charge in [0, 0.05) is 12.8 Å². The number of benzene rings is 1. The minimum atomic E-state index is -3.22. The standard InChI is InChI=1S/C16H20N4O3S/c1-11-17-16(19-18-11)14-4-3-9-20(14)15(21)10-12-5-7-13(8-6-12)24(2,22)23/h5-8,14H,3-4,9-10H2,1-2H3,(H,17,18,19). The van der Waals surface area contributed by atoms with E-state index in [0.717, 1.165) is 24.2 Å². The number of aryl methyl sites for hydroxylation is 1. The van der Waals surface area contributed by atoms with Crippen LogP contribution in [0.2, 0.25) is 0 Å². The van der Waals surface area contributed by atoms with Crippen molar-refractivity contribution in [3.8, 4) is 0 Å². The summed E-state index contributed by atoms with van der Waals surface area (Å²) in [6.45, 7) is 2.53. The monoisotopic (exact) mass is 348 g/mol. The molecule has 0 aliphatic carbocycles. The maximum Gasteiger partial charge on any atom is 0.227 e. The summed E-state index contributed by atoms with van der Waals surface area (Å²) in [6, 6.07) is 6.38. The molecule has 3 rings (SSSR count). The Morgan fingerprint density at radius 1 is 1.33 bits per heavy atom. The number of H-pyrrole nitrogens is 1. The van der Waals surface area contributed by atoms with Crippen molar-refractivity contribution in [2.24, 2.45) is 0 Å².